The molecule has 8 heteroatoms. The van der Waals surface area contributed by atoms with Gasteiger partial charge in [-0.3, -0.25) is 10.1 Å². The first-order valence-electron chi connectivity index (χ1n) is 9.58. The second kappa shape index (κ2) is 8.73. The molecule has 8 nitrogen and oxygen atoms in total. The molecular weight excluding hydrogens is 414 g/mol. The highest BCUT2D eigenvalue weighted by Crippen LogP contribution is 2.31. The van der Waals surface area contributed by atoms with Crippen molar-refractivity contribution in [1.82, 2.24) is 0 Å². The van der Waals surface area contributed by atoms with Crippen LogP contribution < -0.4 is 10.4 Å². The van der Waals surface area contributed by atoms with Crippen molar-refractivity contribution in [3.63, 3.8) is 0 Å². The maximum absolute atomic E-state index is 12.9. The van der Waals surface area contributed by atoms with Crippen molar-refractivity contribution in [2.75, 3.05) is 7.11 Å². The van der Waals surface area contributed by atoms with Crippen LogP contribution in [0.25, 0.3) is 22.1 Å². The van der Waals surface area contributed by atoms with E-state index in [1.165, 1.54) is 31.4 Å². The topological polar surface area (TPSA) is 109 Å². The second-order valence-corrected chi connectivity index (χ2v) is 6.85. The lowest BCUT2D eigenvalue weighted by Gasteiger charge is -2.13. The van der Waals surface area contributed by atoms with Crippen molar-refractivity contribution in [3.8, 4) is 16.9 Å². The van der Waals surface area contributed by atoms with Gasteiger partial charge in [-0.05, 0) is 42.0 Å². The maximum atomic E-state index is 12.9. The van der Waals surface area contributed by atoms with Crippen molar-refractivity contribution in [1.29, 1.82) is 0 Å². The van der Waals surface area contributed by atoms with Gasteiger partial charge in [-0.15, -0.1) is 0 Å². The van der Waals surface area contributed by atoms with Crippen molar-refractivity contribution in [3.05, 3.63) is 104 Å². The summed E-state index contributed by atoms with van der Waals surface area (Å²) in [5, 5.41) is 11.5. The summed E-state index contributed by atoms with van der Waals surface area (Å²) in [5.74, 6) is -0.0499. The lowest BCUT2D eigenvalue weighted by Crippen LogP contribution is -2.12. The third-order valence-corrected chi connectivity index (χ3v) is 4.95. The van der Waals surface area contributed by atoms with E-state index in [2.05, 4.69) is 0 Å². The van der Waals surface area contributed by atoms with Crippen LogP contribution in [0.3, 0.4) is 0 Å². The van der Waals surface area contributed by atoms with Gasteiger partial charge in [0.2, 0.25) is 0 Å². The molecule has 32 heavy (non-hydrogen) atoms. The van der Waals surface area contributed by atoms with Crippen LogP contribution in [-0.2, 0) is 11.3 Å². The number of non-ortho nitro benzene ring substituents is 1. The van der Waals surface area contributed by atoms with Gasteiger partial charge in [-0.25, -0.2) is 9.59 Å². The third-order valence-electron chi connectivity index (χ3n) is 4.95. The van der Waals surface area contributed by atoms with Crippen LogP contribution in [0.2, 0.25) is 0 Å². The first-order chi connectivity index (χ1) is 15.5. The molecule has 0 radical (unpaired) electrons. The first kappa shape index (κ1) is 20.8. The smallest absolute Gasteiger partial charge is 0.344 e. The molecule has 0 saturated carbocycles. The Morgan fingerprint density at radius 3 is 2.41 bits per heavy atom. The van der Waals surface area contributed by atoms with E-state index in [-0.39, 0.29) is 23.4 Å². The van der Waals surface area contributed by atoms with Crippen molar-refractivity contribution in [2.24, 2.45) is 0 Å². The van der Waals surface area contributed by atoms with Gasteiger partial charge in [0, 0.05) is 29.1 Å². The summed E-state index contributed by atoms with van der Waals surface area (Å²) in [6.07, 6.45) is 0. The fourth-order valence-corrected chi connectivity index (χ4v) is 3.36. The number of methoxy groups -OCH3 is 1. The van der Waals surface area contributed by atoms with E-state index in [1.54, 1.807) is 48.5 Å². The average molecular weight is 431 g/mol. The predicted octanol–water partition coefficient (Wildman–Crippen LogP) is 4.73. The van der Waals surface area contributed by atoms with E-state index in [0.717, 1.165) is 0 Å². The SMILES string of the molecule is COc1ccc2c(COC(=O)c3ccccc3)c(-c3ccc([N+](=O)[O-])cc3)c(=O)oc2c1. The van der Waals surface area contributed by atoms with Gasteiger partial charge in [-0.2, -0.15) is 0 Å². The molecule has 0 spiro atoms. The van der Waals surface area contributed by atoms with E-state index >= 15 is 0 Å². The zero-order chi connectivity index (χ0) is 22.7. The number of carbonyl (C=O) groups excluding carboxylic acids is 1. The number of ether oxygens (including phenoxy) is 2. The molecule has 0 aliphatic heterocycles. The van der Waals surface area contributed by atoms with E-state index in [4.69, 9.17) is 13.9 Å². The number of nitro groups is 1. The summed E-state index contributed by atoms with van der Waals surface area (Å²) in [4.78, 5) is 35.9. The molecular formula is C24H17NO7. The van der Waals surface area contributed by atoms with Gasteiger partial charge in [0.1, 0.15) is 17.9 Å². The van der Waals surface area contributed by atoms with Crippen LogP contribution >= 0.6 is 0 Å². The number of nitrogens with zero attached hydrogens (tertiary/aromatic N) is 1. The molecule has 0 atom stereocenters. The quantitative estimate of drug-likeness (QED) is 0.188. The van der Waals surface area contributed by atoms with Gasteiger partial charge in [0.15, 0.2) is 0 Å². The minimum atomic E-state index is -0.662. The van der Waals surface area contributed by atoms with Crippen LogP contribution in [-0.4, -0.2) is 18.0 Å². The van der Waals surface area contributed by atoms with E-state index < -0.39 is 16.5 Å². The van der Waals surface area contributed by atoms with E-state index in [0.29, 0.717) is 27.8 Å². The van der Waals surface area contributed by atoms with Gasteiger partial charge in [0.25, 0.3) is 5.69 Å². The summed E-state index contributed by atoms with van der Waals surface area (Å²) in [6.45, 7) is -0.200. The van der Waals surface area contributed by atoms with Crippen molar-refractivity contribution >= 4 is 22.6 Å². The van der Waals surface area contributed by atoms with Crippen molar-refractivity contribution in [2.45, 2.75) is 6.61 Å². The third kappa shape index (κ3) is 4.06. The normalized spacial score (nSPS) is 10.7. The number of benzene rings is 3. The zero-order valence-corrected chi connectivity index (χ0v) is 16.9. The molecule has 0 N–H and O–H groups in total. The second-order valence-electron chi connectivity index (χ2n) is 6.85. The number of hydrogen-bond acceptors (Lipinski definition) is 7. The lowest BCUT2D eigenvalue weighted by molar-refractivity contribution is -0.384. The number of hydrogen-bond donors (Lipinski definition) is 0. The predicted molar refractivity (Wildman–Crippen MR) is 117 cm³/mol. The molecule has 0 unspecified atom stereocenters. The number of rotatable bonds is 6. The number of esters is 1. The fourth-order valence-electron chi connectivity index (χ4n) is 3.36. The van der Waals surface area contributed by atoms with E-state index in [9.17, 15) is 19.7 Å². The molecule has 0 aliphatic carbocycles. The number of fused-ring (bicyclic) bond motifs is 1. The minimum absolute atomic E-state index is 0.110. The van der Waals surface area contributed by atoms with E-state index in [1.807, 2.05) is 0 Å². The number of carbonyl (C=O) groups is 1. The highest BCUT2D eigenvalue weighted by Gasteiger charge is 2.20. The molecule has 1 heterocycles. The minimum Gasteiger partial charge on any atom is -0.497 e. The largest absolute Gasteiger partial charge is 0.497 e. The van der Waals surface area contributed by atoms with Gasteiger partial charge in [0.05, 0.1) is 23.2 Å². The molecule has 0 amide bonds. The van der Waals surface area contributed by atoms with Crippen LogP contribution in [0.1, 0.15) is 15.9 Å². The maximum Gasteiger partial charge on any atom is 0.344 e. The molecule has 4 aromatic rings. The van der Waals surface area contributed by atoms with Gasteiger partial charge >= 0.3 is 11.6 Å². The van der Waals surface area contributed by atoms with Gasteiger partial charge in [-0.1, -0.05) is 18.2 Å². The molecule has 4 rings (SSSR count). The standard InChI is InChI=1S/C24H17NO7/c1-30-18-11-12-19-20(14-31-23(26)16-5-3-2-4-6-16)22(24(27)32-21(19)13-18)15-7-9-17(10-8-15)25(28)29/h2-13H,14H2,1H3. The van der Waals surface area contributed by atoms with Crippen LogP contribution in [0.15, 0.2) is 82.0 Å². The molecule has 0 saturated heterocycles. The Morgan fingerprint density at radius 2 is 1.75 bits per heavy atom. The molecule has 3 aromatic carbocycles. The average Bonchev–Trinajstić information content (AvgIpc) is 2.82. The molecule has 160 valence electrons. The molecule has 0 fully saturated rings. The Balaban J connectivity index is 1.82. The van der Waals surface area contributed by atoms with Crippen LogP contribution in [0.4, 0.5) is 5.69 Å². The highest BCUT2D eigenvalue weighted by atomic mass is 16.6. The molecule has 1 aromatic heterocycles. The summed E-state index contributed by atoms with van der Waals surface area (Å²) < 4.78 is 16.2. The first-order valence-corrected chi connectivity index (χ1v) is 9.58. The summed E-state index contributed by atoms with van der Waals surface area (Å²) in [5.41, 5.74) is 0.874. The summed E-state index contributed by atoms with van der Waals surface area (Å²) in [7, 11) is 1.49. The Labute approximate surface area is 181 Å². The Kier molecular flexibility index (Phi) is 5.67. The zero-order valence-electron chi connectivity index (χ0n) is 16.9. The Bertz CT molecular complexity index is 1360. The summed E-state index contributed by atoms with van der Waals surface area (Å²) in [6, 6.07) is 19.0. The van der Waals surface area contributed by atoms with Crippen LogP contribution in [0, 0.1) is 10.1 Å². The lowest BCUT2D eigenvalue weighted by atomic mass is 9.98. The summed E-state index contributed by atoms with van der Waals surface area (Å²) >= 11 is 0. The Morgan fingerprint density at radius 1 is 1.03 bits per heavy atom. The number of nitro benzene ring substituents is 1. The van der Waals surface area contributed by atoms with Gasteiger partial charge < -0.3 is 13.9 Å². The highest BCUT2D eigenvalue weighted by molar-refractivity contribution is 5.91. The molecule has 0 bridgehead atoms. The van der Waals surface area contributed by atoms with Crippen LogP contribution in [0.5, 0.6) is 5.75 Å². The Hall–Kier alpha value is -4.46. The molecule has 0 aliphatic rings. The fraction of sp³-hybridized carbons (Fsp3) is 0.0833. The van der Waals surface area contributed by atoms with Crippen molar-refractivity contribution < 1.29 is 23.6 Å². The monoisotopic (exact) mass is 431 g/mol.